The quantitative estimate of drug-likeness (QED) is 0.171. The Kier molecular flexibility index (Phi) is 6.85. The van der Waals surface area contributed by atoms with E-state index >= 15 is 0 Å². The monoisotopic (exact) mass is 700 g/mol. The molecule has 0 radical (unpaired) electrons. The highest BCUT2D eigenvalue weighted by Crippen LogP contribution is 2.50. The molecule has 1 aliphatic heterocycles. The van der Waals surface area contributed by atoms with Crippen molar-refractivity contribution in [2.45, 2.75) is 0 Å². The first kappa shape index (κ1) is 30.9. The lowest BCUT2D eigenvalue weighted by Crippen LogP contribution is -2.01. The number of nitriles is 1. The highest BCUT2D eigenvalue weighted by atomic mass is 16.5. The van der Waals surface area contributed by atoms with Crippen molar-refractivity contribution in [2.75, 3.05) is 0 Å². The number of rotatable bonds is 4. The van der Waals surface area contributed by atoms with Gasteiger partial charge in [-0.1, -0.05) is 133 Å². The predicted octanol–water partition coefficient (Wildman–Crippen LogP) is 12.8. The van der Waals surface area contributed by atoms with Crippen molar-refractivity contribution in [2.24, 2.45) is 0 Å². The molecule has 0 fully saturated rings. The molecule has 5 nitrogen and oxygen atoms in total. The van der Waals surface area contributed by atoms with Crippen LogP contribution in [0.1, 0.15) is 5.56 Å². The fourth-order valence-electron chi connectivity index (χ4n) is 8.22. The summed E-state index contributed by atoms with van der Waals surface area (Å²) in [5.74, 6) is 3.39. The molecule has 254 valence electrons. The summed E-state index contributed by atoms with van der Waals surface area (Å²) in [5, 5.41) is 18.5. The van der Waals surface area contributed by atoms with Gasteiger partial charge in [0, 0.05) is 27.6 Å². The Morgan fingerprint density at radius 2 is 0.891 bits per heavy atom. The minimum Gasteiger partial charge on any atom is -0.456 e. The van der Waals surface area contributed by atoms with Gasteiger partial charge < -0.3 is 4.74 Å². The van der Waals surface area contributed by atoms with E-state index in [4.69, 9.17) is 19.7 Å². The van der Waals surface area contributed by atoms with Crippen molar-refractivity contribution in [3.05, 3.63) is 175 Å². The van der Waals surface area contributed by atoms with Crippen LogP contribution in [0.4, 0.5) is 0 Å². The third kappa shape index (κ3) is 4.90. The predicted molar refractivity (Wildman–Crippen MR) is 222 cm³/mol. The zero-order valence-electron chi connectivity index (χ0n) is 29.4. The molecule has 0 spiro atoms. The zero-order chi connectivity index (χ0) is 36.5. The van der Waals surface area contributed by atoms with E-state index in [1.165, 1.54) is 0 Å². The van der Waals surface area contributed by atoms with E-state index in [1.807, 2.05) is 84.9 Å². The highest BCUT2D eigenvalue weighted by molar-refractivity contribution is 6.25. The van der Waals surface area contributed by atoms with Gasteiger partial charge in [0.25, 0.3) is 0 Å². The maximum absolute atomic E-state index is 9.54. The Morgan fingerprint density at radius 1 is 0.364 bits per heavy atom. The Balaban J connectivity index is 1.18. The van der Waals surface area contributed by atoms with Crippen molar-refractivity contribution in [1.29, 1.82) is 5.26 Å². The van der Waals surface area contributed by atoms with E-state index < -0.39 is 0 Å². The van der Waals surface area contributed by atoms with Crippen LogP contribution in [-0.4, -0.2) is 15.0 Å². The minimum absolute atomic E-state index is 0.577. The summed E-state index contributed by atoms with van der Waals surface area (Å²) in [7, 11) is 0. The van der Waals surface area contributed by atoms with Gasteiger partial charge in [0.2, 0.25) is 0 Å². The molecule has 0 atom stereocenters. The van der Waals surface area contributed by atoms with Crippen LogP contribution in [0.2, 0.25) is 0 Å². The van der Waals surface area contributed by atoms with E-state index in [2.05, 4.69) is 91.0 Å². The van der Waals surface area contributed by atoms with Gasteiger partial charge in [-0.05, 0) is 90.8 Å². The van der Waals surface area contributed by atoms with E-state index in [0.29, 0.717) is 28.8 Å². The normalized spacial score (nSPS) is 11.8. The van der Waals surface area contributed by atoms with Crippen molar-refractivity contribution in [3.8, 4) is 74.0 Å². The Bertz CT molecular complexity index is 3180. The molecule has 55 heavy (non-hydrogen) atoms. The number of hydrogen-bond acceptors (Lipinski definition) is 5. The summed E-state index contributed by atoms with van der Waals surface area (Å²) in [6, 6.07) is 60.6. The highest BCUT2D eigenvalue weighted by Gasteiger charge is 2.24. The minimum atomic E-state index is 0.577. The van der Waals surface area contributed by atoms with Crippen molar-refractivity contribution in [3.63, 3.8) is 0 Å². The maximum Gasteiger partial charge on any atom is 0.164 e. The molecule has 11 rings (SSSR count). The van der Waals surface area contributed by atoms with E-state index in [-0.39, 0.29) is 0 Å². The molecule has 1 aromatic heterocycles. The standard InChI is InChI=1S/C50H28N4O/c51-29-30-22-23-38-40-25-24-37(39-20-11-21-45(47(39)40)55-46(38)26-30)41-27-42-35-18-9-10-19-36(35)44(28-43(42)34-17-8-7-16-33(34)41)50-53-48(31-12-3-1-4-13-31)52-49(54-50)32-14-5-2-6-15-32/h1-28H. The summed E-state index contributed by atoms with van der Waals surface area (Å²) in [4.78, 5) is 15.2. The fourth-order valence-corrected chi connectivity index (χ4v) is 8.22. The second-order valence-electron chi connectivity index (χ2n) is 13.8. The molecule has 1 aliphatic rings. The first-order valence-electron chi connectivity index (χ1n) is 18.2. The number of hydrogen-bond donors (Lipinski definition) is 0. The summed E-state index contributed by atoms with van der Waals surface area (Å²) in [5.41, 5.74) is 7.76. The summed E-state index contributed by atoms with van der Waals surface area (Å²) >= 11 is 0. The third-order valence-electron chi connectivity index (χ3n) is 10.7. The zero-order valence-corrected chi connectivity index (χ0v) is 29.4. The first-order chi connectivity index (χ1) is 27.2. The molecule has 9 aromatic carbocycles. The molecule has 2 heterocycles. The van der Waals surface area contributed by atoms with Gasteiger partial charge in [-0.2, -0.15) is 5.26 Å². The van der Waals surface area contributed by atoms with Crippen LogP contribution in [0.5, 0.6) is 11.5 Å². The average molecular weight is 701 g/mol. The van der Waals surface area contributed by atoms with Crippen LogP contribution in [0.15, 0.2) is 170 Å². The van der Waals surface area contributed by atoms with Crippen molar-refractivity contribution >= 4 is 43.1 Å². The molecule has 5 heteroatoms. The largest absolute Gasteiger partial charge is 0.456 e. The second-order valence-corrected chi connectivity index (χ2v) is 13.8. The van der Waals surface area contributed by atoms with Crippen LogP contribution in [-0.2, 0) is 0 Å². The summed E-state index contributed by atoms with van der Waals surface area (Å²) in [6.45, 7) is 0. The average Bonchev–Trinajstić information content (AvgIpc) is 3.26. The van der Waals surface area contributed by atoms with Crippen LogP contribution in [0.25, 0.3) is 99.5 Å². The van der Waals surface area contributed by atoms with Crippen molar-refractivity contribution in [1.82, 2.24) is 15.0 Å². The lowest BCUT2D eigenvalue weighted by atomic mass is 9.85. The Morgan fingerprint density at radius 3 is 1.55 bits per heavy atom. The Labute approximate surface area is 316 Å². The van der Waals surface area contributed by atoms with E-state index in [9.17, 15) is 5.26 Å². The molecule has 0 unspecified atom stereocenters. The molecule has 0 N–H and O–H groups in total. The number of fused-ring (bicyclic) bond motifs is 7. The third-order valence-corrected chi connectivity index (χ3v) is 10.7. The van der Waals surface area contributed by atoms with Gasteiger partial charge in [-0.25, -0.2) is 15.0 Å². The van der Waals surface area contributed by atoms with Crippen molar-refractivity contribution < 1.29 is 4.74 Å². The molecular weight excluding hydrogens is 673 g/mol. The van der Waals surface area contributed by atoms with Gasteiger partial charge in [-0.15, -0.1) is 0 Å². The lowest BCUT2D eigenvalue weighted by Gasteiger charge is -2.23. The second kappa shape index (κ2) is 12.2. The molecule has 0 aliphatic carbocycles. The van der Waals surface area contributed by atoms with Gasteiger partial charge in [0.15, 0.2) is 17.5 Å². The van der Waals surface area contributed by atoms with Crippen LogP contribution >= 0.6 is 0 Å². The summed E-state index contributed by atoms with van der Waals surface area (Å²) in [6.07, 6.45) is 0. The SMILES string of the molecule is N#Cc1ccc2c(c1)Oc1cccc3c(-c4cc5c6ccccc6c(-c6nc(-c7ccccc7)nc(-c7ccccc7)n6)cc5c5ccccc45)ccc-2c13. The molecule has 10 aromatic rings. The molecular formula is C50H28N4O. The number of benzene rings is 9. The fraction of sp³-hybridized carbons (Fsp3) is 0. The smallest absolute Gasteiger partial charge is 0.164 e. The van der Waals surface area contributed by atoms with Gasteiger partial charge in [0.05, 0.1) is 11.6 Å². The van der Waals surface area contributed by atoms with Crippen LogP contribution in [0, 0.1) is 11.3 Å². The van der Waals surface area contributed by atoms with E-state index in [0.717, 1.165) is 87.8 Å². The molecule has 0 amide bonds. The number of aromatic nitrogens is 3. The number of ether oxygens (including phenoxy) is 1. The Hall–Kier alpha value is -7.68. The van der Waals surface area contributed by atoms with Gasteiger partial charge in [0.1, 0.15) is 11.5 Å². The van der Waals surface area contributed by atoms with Crippen LogP contribution < -0.4 is 4.74 Å². The maximum atomic E-state index is 9.54. The molecule has 0 bridgehead atoms. The number of nitrogens with zero attached hydrogens (tertiary/aromatic N) is 4. The van der Waals surface area contributed by atoms with Gasteiger partial charge >= 0.3 is 0 Å². The summed E-state index contributed by atoms with van der Waals surface area (Å²) < 4.78 is 6.46. The molecule has 0 saturated carbocycles. The van der Waals surface area contributed by atoms with Gasteiger partial charge in [-0.3, -0.25) is 0 Å². The lowest BCUT2D eigenvalue weighted by molar-refractivity contribution is 0.487. The topological polar surface area (TPSA) is 71.7 Å². The van der Waals surface area contributed by atoms with E-state index in [1.54, 1.807) is 0 Å². The van der Waals surface area contributed by atoms with Crippen LogP contribution in [0.3, 0.4) is 0 Å². The molecule has 0 saturated heterocycles. The first-order valence-corrected chi connectivity index (χ1v) is 18.2.